The van der Waals surface area contributed by atoms with Gasteiger partial charge in [-0.1, -0.05) is 6.07 Å². The fourth-order valence-electron chi connectivity index (χ4n) is 3.25. The molecule has 12 heteroatoms. The molecule has 1 aliphatic heterocycles. The van der Waals surface area contributed by atoms with E-state index >= 15 is 0 Å². The molecule has 1 saturated heterocycles. The molecule has 0 bridgehead atoms. The van der Waals surface area contributed by atoms with Crippen LogP contribution in [0.5, 0.6) is 0 Å². The topological polar surface area (TPSA) is 102 Å². The van der Waals surface area contributed by atoms with Crippen LogP contribution in [0.3, 0.4) is 0 Å². The molecule has 2 aromatic rings. The largest absolute Gasteiger partial charge is 0.421 e. The molecule has 1 aromatic heterocycles. The van der Waals surface area contributed by atoms with E-state index in [1.54, 1.807) is 29.2 Å². The number of likely N-dealkylation sites (N-methyl/N-ethyl adjacent to an activating group) is 1. The molecule has 9 nitrogen and oxygen atoms in total. The summed E-state index contributed by atoms with van der Waals surface area (Å²) in [4.78, 5) is 35.4. The van der Waals surface area contributed by atoms with Crippen molar-refractivity contribution in [2.75, 3.05) is 56.9 Å². The maximum Gasteiger partial charge on any atom is 0.421 e. The quantitative estimate of drug-likeness (QED) is 0.539. The van der Waals surface area contributed by atoms with E-state index in [0.29, 0.717) is 30.5 Å². The summed E-state index contributed by atoms with van der Waals surface area (Å²) in [6.07, 6.45) is -3.96. The smallest absolute Gasteiger partial charge is 0.368 e. The highest BCUT2D eigenvalue weighted by Gasteiger charge is 2.35. The van der Waals surface area contributed by atoms with Gasteiger partial charge in [0.1, 0.15) is 11.4 Å². The first-order chi connectivity index (χ1) is 15.6. The standard InChI is InChI=1S/C21H26F3N7O2/c1-14(32)25-6-7-26-18-17(21(22,23)24)13-27-20(29-18)28-16-5-3-4-15(12-16)19(33)31-10-8-30(2)9-11-31/h3-5,12-13H,6-11H2,1-2H3,(H,25,32)(H2,26,27,28,29). The van der Waals surface area contributed by atoms with Crippen LogP contribution in [0.4, 0.5) is 30.6 Å². The Morgan fingerprint density at radius 1 is 1.12 bits per heavy atom. The first-order valence-electron chi connectivity index (χ1n) is 10.4. The van der Waals surface area contributed by atoms with Crippen LogP contribution in [-0.2, 0) is 11.0 Å². The van der Waals surface area contributed by atoms with Crippen LogP contribution in [0.15, 0.2) is 30.5 Å². The number of hydrogen-bond acceptors (Lipinski definition) is 7. The number of rotatable bonds is 7. The molecule has 1 aromatic carbocycles. The Kier molecular flexibility index (Phi) is 7.69. The molecule has 0 unspecified atom stereocenters. The summed E-state index contributed by atoms with van der Waals surface area (Å²) in [5, 5.41) is 7.94. The SMILES string of the molecule is CC(=O)NCCNc1nc(Nc2cccc(C(=O)N3CCN(C)CC3)c2)ncc1C(F)(F)F. The van der Waals surface area contributed by atoms with Crippen molar-refractivity contribution in [3.8, 4) is 0 Å². The van der Waals surface area contributed by atoms with Crippen molar-refractivity contribution in [1.29, 1.82) is 0 Å². The summed E-state index contributed by atoms with van der Waals surface area (Å²) in [6.45, 7) is 4.34. The summed E-state index contributed by atoms with van der Waals surface area (Å²) in [7, 11) is 2.00. The number of nitrogens with one attached hydrogen (secondary N) is 3. The Morgan fingerprint density at radius 3 is 2.52 bits per heavy atom. The van der Waals surface area contributed by atoms with Crippen molar-refractivity contribution in [3.63, 3.8) is 0 Å². The number of benzene rings is 1. The molecular weight excluding hydrogens is 439 g/mol. The van der Waals surface area contributed by atoms with Crippen LogP contribution in [0.2, 0.25) is 0 Å². The highest BCUT2D eigenvalue weighted by Crippen LogP contribution is 2.34. The normalized spacial score (nSPS) is 14.6. The van der Waals surface area contributed by atoms with Gasteiger partial charge in [0.15, 0.2) is 0 Å². The number of hydrogen-bond donors (Lipinski definition) is 3. The molecule has 178 valence electrons. The van der Waals surface area contributed by atoms with Gasteiger partial charge < -0.3 is 25.8 Å². The van der Waals surface area contributed by atoms with Gasteiger partial charge in [0.05, 0.1) is 0 Å². The number of anilines is 3. The maximum absolute atomic E-state index is 13.3. The van der Waals surface area contributed by atoms with Crippen molar-refractivity contribution < 1.29 is 22.8 Å². The molecule has 2 amide bonds. The van der Waals surface area contributed by atoms with E-state index in [0.717, 1.165) is 13.1 Å². The minimum Gasteiger partial charge on any atom is -0.368 e. The lowest BCUT2D eigenvalue weighted by Gasteiger charge is -2.32. The number of carbonyl (C=O) groups is 2. The average Bonchev–Trinajstić information content (AvgIpc) is 2.76. The fraction of sp³-hybridized carbons (Fsp3) is 0.429. The van der Waals surface area contributed by atoms with E-state index in [1.165, 1.54) is 6.92 Å². The van der Waals surface area contributed by atoms with Gasteiger partial charge in [-0.3, -0.25) is 9.59 Å². The van der Waals surface area contributed by atoms with E-state index in [1.807, 2.05) is 7.05 Å². The zero-order valence-electron chi connectivity index (χ0n) is 18.4. The van der Waals surface area contributed by atoms with Crippen LogP contribution in [-0.4, -0.2) is 77.9 Å². The number of piperazine rings is 1. The third-order valence-corrected chi connectivity index (χ3v) is 5.04. The monoisotopic (exact) mass is 465 g/mol. The first kappa shape index (κ1) is 24.2. The Bertz CT molecular complexity index is 992. The minimum absolute atomic E-state index is 0.0497. The third-order valence-electron chi connectivity index (χ3n) is 5.04. The summed E-state index contributed by atoms with van der Waals surface area (Å²) in [5.41, 5.74) is -0.0843. The van der Waals surface area contributed by atoms with Crippen LogP contribution in [0, 0.1) is 0 Å². The predicted octanol–water partition coefficient (Wildman–Crippen LogP) is 2.17. The van der Waals surface area contributed by atoms with Crippen molar-refractivity contribution in [2.45, 2.75) is 13.1 Å². The molecule has 0 aliphatic carbocycles. The van der Waals surface area contributed by atoms with Crippen molar-refractivity contribution >= 4 is 29.3 Å². The predicted molar refractivity (Wildman–Crippen MR) is 117 cm³/mol. The fourth-order valence-corrected chi connectivity index (χ4v) is 3.25. The van der Waals surface area contributed by atoms with E-state index in [9.17, 15) is 22.8 Å². The van der Waals surface area contributed by atoms with Gasteiger partial charge >= 0.3 is 6.18 Å². The molecule has 0 spiro atoms. The van der Waals surface area contributed by atoms with Crippen LogP contribution < -0.4 is 16.0 Å². The number of alkyl halides is 3. The average molecular weight is 465 g/mol. The molecule has 33 heavy (non-hydrogen) atoms. The van der Waals surface area contributed by atoms with Gasteiger partial charge in [0.25, 0.3) is 5.91 Å². The van der Waals surface area contributed by atoms with Gasteiger partial charge in [-0.25, -0.2) is 4.98 Å². The minimum atomic E-state index is -4.65. The second-order valence-electron chi connectivity index (χ2n) is 7.66. The number of carbonyl (C=O) groups excluding carboxylic acids is 2. The molecule has 0 atom stereocenters. The number of aromatic nitrogens is 2. The molecule has 2 heterocycles. The Labute approximate surface area is 189 Å². The summed E-state index contributed by atoms with van der Waals surface area (Å²) < 4.78 is 40.0. The van der Waals surface area contributed by atoms with Gasteiger partial charge in [0.2, 0.25) is 11.9 Å². The van der Waals surface area contributed by atoms with E-state index in [4.69, 9.17) is 0 Å². The van der Waals surface area contributed by atoms with Crippen molar-refractivity contribution in [3.05, 3.63) is 41.6 Å². The summed E-state index contributed by atoms with van der Waals surface area (Å²) in [6, 6.07) is 6.66. The number of amides is 2. The number of nitrogens with zero attached hydrogens (tertiary/aromatic N) is 4. The molecule has 1 aliphatic rings. The molecule has 0 saturated carbocycles. The lowest BCUT2D eigenvalue weighted by molar-refractivity contribution is -0.137. The van der Waals surface area contributed by atoms with Crippen LogP contribution >= 0.6 is 0 Å². The summed E-state index contributed by atoms with van der Waals surface area (Å²) >= 11 is 0. The van der Waals surface area contributed by atoms with Gasteiger partial charge in [0, 0.05) is 63.6 Å². The highest BCUT2D eigenvalue weighted by atomic mass is 19.4. The van der Waals surface area contributed by atoms with Gasteiger partial charge in [-0.15, -0.1) is 0 Å². The molecule has 3 N–H and O–H groups in total. The van der Waals surface area contributed by atoms with E-state index in [-0.39, 0.29) is 30.9 Å². The Balaban J connectivity index is 1.74. The first-order valence-corrected chi connectivity index (χ1v) is 10.4. The van der Waals surface area contributed by atoms with Gasteiger partial charge in [-0.05, 0) is 25.2 Å². The second kappa shape index (κ2) is 10.5. The van der Waals surface area contributed by atoms with Crippen molar-refractivity contribution in [2.24, 2.45) is 0 Å². The molecule has 0 radical (unpaired) electrons. The zero-order chi connectivity index (χ0) is 24.0. The third kappa shape index (κ3) is 6.78. The molecular formula is C21H26F3N7O2. The lowest BCUT2D eigenvalue weighted by atomic mass is 10.1. The van der Waals surface area contributed by atoms with Crippen molar-refractivity contribution in [1.82, 2.24) is 25.1 Å². The lowest BCUT2D eigenvalue weighted by Crippen LogP contribution is -2.47. The maximum atomic E-state index is 13.3. The van der Waals surface area contributed by atoms with Gasteiger partial charge in [-0.2, -0.15) is 18.2 Å². The summed E-state index contributed by atoms with van der Waals surface area (Å²) in [5.74, 6) is -0.867. The zero-order valence-corrected chi connectivity index (χ0v) is 18.4. The van der Waals surface area contributed by atoms with Crippen LogP contribution in [0.1, 0.15) is 22.8 Å². The van der Waals surface area contributed by atoms with E-state index < -0.39 is 17.6 Å². The molecule has 1 fully saturated rings. The Hall–Kier alpha value is -3.41. The molecule has 3 rings (SSSR count). The Morgan fingerprint density at radius 2 is 1.85 bits per heavy atom. The highest BCUT2D eigenvalue weighted by molar-refractivity contribution is 5.95. The van der Waals surface area contributed by atoms with E-state index in [2.05, 4.69) is 30.8 Å². The number of halogens is 3. The van der Waals surface area contributed by atoms with Crippen LogP contribution in [0.25, 0.3) is 0 Å². The second-order valence-corrected chi connectivity index (χ2v) is 7.66.